The first-order valence-electron chi connectivity index (χ1n) is 5.17. The maximum absolute atomic E-state index is 12.2. The average Bonchev–Trinajstić information content (AvgIpc) is 2.18. The number of rotatable bonds is 5. The fourth-order valence-electron chi connectivity index (χ4n) is 1.23. The predicted octanol–water partition coefficient (Wildman–Crippen LogP) is 3.28. The summed E-state index contributed by atoms with van der Waals surface area (Å²) in [7, 11) is -2.73. The van der Waals surface area contributed by atoms with E-state index in [1.165, 1.54) is 0 Å². The van der Waals surface area contributed by atoms with Crippen LogP contribution in [0.15, 0.2) is 30.3 Å². The van der Waals surface area contributed by atoms with Crippen molar-refractivity contribution in [2.45, 2.75) is 26.8 Å². The molecule has 0 aliphatic heterocycles. The van der Waals surface area contributed by atoms with Crippen molar-refractivity contribution >= 4 is 7.52 Å². The van der Waals surface area contributed by atoms with Gasteiger partial charge in [0.15, 0.2) is 0 Å². The summed E-state index contributed by atoms with van der Waals surface area (Å²) in [6.07, 6.45) is 0.486. The second-order valence-electron chi connectivity index (χ2n) is 3.68. The van der Waals surface area contributed by atoms with Gasteiger partial charge >= 0.3 is 7.52 Å². The summed E-state index contributed by atoms with van der Waals surface area (Å²) in [6, 6.07) is 9.41. The highest BCUT2D eigenvalue weighted by molar-refractivity contribution is 7.57. The van der Waals surface area contributed by atoms with Crippen molar-refractivity contribution in [3.05, 3.63) is 30.3 Å². The second-order valence-corrected chi connectivity index (χ2v) is 6.10. The Bertz CT molecular complexity index is 338. The van der Waals surface area contributed by atoms with Crippen LogP contribution in [0.2, 0.25) is 0 Å². The minimum Gasteiger partial charge on any atom is -0.433 e. The molecule has 4 heteroatoms. The highest BCUT2D eigenvalue weighted by Crippen LogP contribution is 2.42. The quantitative estimate of drug-likeness (QED) is 0.784. The molecule has 0 saturated heterocycles. The highest BCUT2D eigenvalue weighted by Gasteiger charge is 2.22. The van der Waals surface area contributed by atoms with Crippen molar-refractivity contribution in [1.29, 1.82) is 0 Å². The maximum Gasteiger partial charge on any atom is 0.316 e. The normalized spacial score (nSPS) is 14.9. The fraction of sp³-hybridized carbons (Fsp3) is 0.455. The molecule has 1 atom stereocenters. The molecule has 0 fully saturated rings. The van der Waals surface area contributed by atoms with Crippen molar-refractivity contribution in [1.82, 2.24) is 5.09 Å². The molecule has 84 valence electrons. The van der Waals surface area contributed by atoms with Gasteiger partial charge in [0.2, 0.25) is 0 Å². The first-order chi connectivity index (χ1) is 7.06. The lowest BCUT2D eigenvalue weighted by Crippen LogP contribution is -2.23. The van der Waals surface area contributed by atoms with E-state index in [9.17, 15) is 4.57 Å². The van der Waals surface area contributed by atoms with Crippen LogP contribution < -0.4 is 9.61 Å². The molecule has 0 aliphatic carbocycles. The van der Waals surface area contributed by atoms with Crippen molar-refractivity contribution in [2.24, 2.45) is 0 Å². The molecule has 3 nitrogen and oxygen atoms in total. The Labute approximate surface area is 91.4 Å². The van der Waals surface area contributed by atoms with Crippen molar-refractivity contribution in [2.75, 3.05) is 6.16 Å². The minimum atomic E-state index is -2.73. The number of benzene rings is 1. The summed E-state index contributed by atoms with van der Waals surface area (Å²) >= 11 is 0. The first kappa shape index (κ1) is 12.3. The molecule has 0 saturated carbocycles. The summed E-state index contributed by atoms with van der Waals surface area (Å²) in [5, 5.41) is 2.99. The average molecular weight is 227 g/mol. The Morgan fingerprint density at radius 3 is 2.40 bits per heavy atom. The molecular weight excluding hydrogens is 209 g/mol. The summed E-state index contributed by atoms with van der Waals surface area (Å²) in [5.41, 5.74) is 0. The number of hydrogen-bond donors (Lipinski definition) is 1. The zero-order chi connectivity index (χ0) is 11.3. The predicted molar refractivity (Wildman–Crippen MR) is 63.5 cm³/mol. The van der Waals surface area contributed by atoms with Crippen molar-refractivity contribution < 1.29 is 9.09 Å². The standard InChI is InChI=1S/C11H18NO2P/c1-4-15(13,12-10(2)3)14-11-8-6-5-7-9-11/h5-10H,4H2,1-3H3,(H,12,13)/t15-/m1/s1. The SMILES string of the molecule is CC[P@](=O)(NC(C)C)Oc1ccccc1. The van der Waals surface area contributed by atoms with Crippen LogP contribution in [0.4, 0.5) is 0 Å². The Hall–Kier alpha value is -0.790. The monoisotopic (exact) mass is 227 g/mol. The van der Waals surface area contributed by atoms with Gasteiger partial charge in [-0.15, -0.1) is 0 Å². The topological polar surface area (TPSA) is 38.3 Å². The largest absolute Gasteiger partial charge is 0.433 e. The van der Waals surface area contributed by atoms with Gasteiger partial charge in [0, 0.05) is 12.2 Å². The van der Waals surface area contributed by atoms with Crippen LogP contribution >= 0.6 is 7.52 Å². The van der Waals surface area contributed by atoms with Gasteiger partial charge in [-0.1, -0.05) is 25.1 Å². The molecule has 1 N–H and O–H groups in total. The molecule has 0 heterocycles. The fourth-order valence-corrected chi connectivity index (χ4v) is 2.84. The highest BCUT2D eigenvalue weighted by atomic mass is 31.2. The molecule has 0 unspecified atom stereocenters. The Morgan fingerprint density at radius 2 is 1.93 bits per heavy atom. The van der Waals surface area contributed by atoms with Crippen LogP contribution in [0.1, 0.15) is 20.8 Å². The third-order valence-corrected chi connectivity index (χ3v) is 4.12. The molecule has 1 aromatic carbocycles. The van der Waals surface area contributed by atoms with Gasteiger partial charge in [0.1, 0.15) is 5.75 Å². The van der Waals surface area contributed by atoms with E-state index >= 15 is 0 Å². The summed E-state index contributed by atoms with van der Waals surface area (Å²) in [4.78, 5) is 0. The molecule has 0 radical (unpaired) electrons. The van der Waals surface area contributed by atoms with Crippen LogP contribution in [-0.4, -0.2) is 12.2 Å². The third kappa shape index (κ3) is 4.06. The van der Waals surface area contributed by atoms with Gasteiger partial charge in [-0.2, -0.15) is 0 Å². The number of hydrogen-bond acceptors (Lipinski definition) is 2. The van der Waals surface area contributed by atoms with Gasteiger partial charge in [-0.25, -0.2) is 5.09 Å². The molecule has 15 heavy (non-hydrogen) atoms. The van der Waals surface area contributed by atoms with E-state index in [4.69, 9.17) is 4.52 Å². The third-order valence-electron chi connectivity index (χ3n) is 1.87. The lowest BCUT2D eigenvalue weighted by Gasteiger charge is -2.21. The van der Waals surface area contributed by atoms with Gasteiger partial charge in [-0.05, 0) is 26.0 Å². The summed E-state index contributed by atoms with van der Waals surface area (Å²) < 4.78 is 17.7. The summed E-state index contributed by atoms with van der Waals surface area (Å²) in [5.74, 6) is 0.649. The van der Waals surface area contributed by atoms with E-state index in [2.05, 4.69) is 5.09 Å². The van der Waals surface area contributed by atoms with Gasteiger partial charge in [0.05, 0.1) is 0 Å². The molecular formula is C11H18NO2P. The van der Waals surface area contributed by atoms with E-state index in [-0.39, 0.29) is 6.04 Å². The number of nitrogens with one attached hydrogen (secondary N) is 1. The molecule has 0 aliphatic rings. The van der Waals surface area contributed by atoms with E-state index in [1.807, 2.05) is 51.1 Å². The van der Waals surface area contributed by atoms with E-state index in [0.717, 1.165) is 0 Å². The van der Waals surface area contributed by atoms with E-state index < -0.39 is 7.52 Å². The Balaban J connectivity index is 2.73. The van der Waals surface area contributed by atoms with Crippen LogP contribution in [0.3, 0.4) is 0 Å². The molecule has 0 amide bonds. The molecule has 1 aromatic rings. The van der Waals surface area contributed by atoms with Gasteiger partial charge < -0.3 is 4.52 Å². The van der Waals surface area contributed by atoms with E-state index in [1.54, 1.807) is 0 Å². The second kappa shape index (κ2) is 5.34. The zero-order valence-electron chi connectivity index (χ0n) is 9.43. The van der Waals surface area contributed by atoms with Crippen LogP contribution in [0.25, 0.3) is 0 Å². The first-order valence-corrected chi connectivity index (χ1v) is 6.98. The van der Waals surface area contributed by atoms with Crippen LogP contribution in [0, 0.1) is 0 Å². The van der Waals surface area contributed by atoms with Crippen LogP contribution in [-0.2, 0) is 4.57 Å². The molecule has 1 rings (SSSR count). The maximum atomic E-state index is 12.2. The summed E-state index contributed by atoms with van der Waals surface area (Å²) in [6.45, 7) is 5.77. The van der Waals surface area contributed by atoms with Crippen LogP contribution in [0.5, 0.6) is 5.75 Å². The Kier molecular flexibility index (Phi) is 4.37. The van der Waals surface area contributed by atoms with Crippen molar-refractivity contribution in [3.8, 4) is 5.75 Å². The lowest BCUT2D eigenvalue weighted by atomic mass is 10.3. The minimum absolute atomic E-state index is 0.152. The zero-order valence-corrected chi connectivity index (χ0v) is 10.3. The molecule has 0 aromatic heterocycles. The number of para-hydroxylation sites is 1. The lowest BCUT2D eigenvalue weighted by molar-refractivity contribution is 0.460. The Morgan fingerprint density at radius 1 is 1.33 bits per heavy atom. The smallest absolute Gasteiger partial charge is 0.316 e. The van der Waals surface area contributed by atoms with E-state index in [0.29, 0.717) is 11.9 Å². The van der Waals surface area contributed by atoms with Crippen molar-refractivity contribution in [3.63, 3.8) is 0 Å². The van der Waals surface area contributed by atoms with Gasteiger partial charge in [0.25, 0.3) is 0 Å². The van der Waals surface area contributed by atoms with Gasteiger partial charge in [-0.3, -0.25) is 4.57 Å². The molecule has 0 spiro atoms. The molecule has 0 bridgehead atoms.